The van der Waals surface area contributed by atoms with Crippen molar-refractivity contribution in [3.8, 4) is 0 Å². The highest BCUT2D eigenvalue weighted by Crippen LogP contribution is 2.43. The van der Waals surface area contributed by atoms with E-state index in [2.05, 4.69) is 0 Å². The molecule has 2 aromatic carbocycles. The lowest BCUT2D eigenvalue weighted by Gasteiger charge is -2.37. The predicted molar refractivity (Wildman–Crippen MR) is 99.4 cm³/mol. The molecule has 0 aromatic heterocycles. The number of carbonyl (C=O) groups is 1. The number of nitrogens with zero attached hydrogens (tertiary/aromatic N) is 2. The van der Waals surface area contributed by atoms with E-state index < -0.39 is 40.3 Å². The van der Waals surface area contributed by atoms with Crippen molar-refractivity contribution < 1.29 is 22.9 Å². The third-order valence-electron chi connectivity index (χ3n) is 4.62. The molecule has 1 aliphatic rings. The van der Waals surface area contributed by atoms with Crippen LogP contribution in [0, 0.1) is 10.1 Å². The molecule has 2 atom stereocenters. The minimum Gasteiger partial charge on any atom is -0.320 e. The van der Waals surface area contributed by atoms with E-state index >= 15 is 0 Å². The number of halogens is 4. The molecule has 0 saturated heterocycles. The highest BCUT2D eigenvalue weighted by molar-refractivity contribution is 6.01. The molecule has 2 N–H and O–H groups in total. The molecule has 2 aromatic rings. The van der Waals surface area contributed by atoms with Gasteiger partial charge in [0, 0.05) is 11.8 Å². The SMILES string of the molecule is C[C@@H](c1ccccc1)N1C(=O)[C@H](N)Cc2cc([N+](=O)[O-])c(C(F)(F)F)cc21.Cl. The van der Waals surface area contributed by atoms with E-state index in [4.69, 9.17) is 5.73 Å². The van der Waals surface area contributed by atoms with Gasteiger partial charge in [0.15, 0.2) is 0 Å². The van der Waals surface area contributed by atoms with Crippen LogP contribution in [0.15, 0.2) is 42.5 Å². The maximum absolute atomic E-state index is 13.4. The van der Waals surface area contributed by atoms with Crippen LogP contribution in [0.3, 0.4) is 0 Å². The number of amides is 1. The van der Waals surface area contributed by atoms with Crippen molar-refractivity contribution in [1.82, 2.24) is 0 Å². The fourth-order valence-electron chi connectivity index (χ4n) is 3.29. The van der Waals surface area contributed by atoms with Gasteiger partial charge in [0.1, 0.15) is 5.56 Å². The first-order valence-electron chi connectivity index (χ1n) is 8.13. The zero-order valence-corrected chi connectivity index (χ0v) is 15.5. The average Bonchev–Trinajstić information content (AvgIpc) is 2.61. The molecule has 0 radical (unpaired) electrons. The summed E-state index contributed by atoms with van der Waals surface area (Å²) < 4.78 is 40.1. The van der Waals surface area contributed by atoms with E-state index in [-0.39, 0.29) is 30.1 Å². The van der Waals surface area contributed by atoms with Crippen molar-refractivity contribution in [2.24, 2.45) is 5.73 Å². The van der Waals surface area contributed by atoms with Crippen molar-refractivity contribution in [3.05, 3.63) is 69.3 Å². The summed E-state index contributed by atoms with van der Waals surface area (Å²) in [5, 5.41) is 11.1. The zero-order valence-electron chi connectivity index (χ0n) is 14.6. The number of nitro groups is 1. The number of alkyl halides is 3. The molecular formula is C18H17ClF3N3O3. The molecular weight excluding hydrogens is 399 g/mol. The molecule has 28 heavy (non-hydrogen) atoms. The monoisotopic (exact) mass is 415 g/mol. The number of benzene rings is 2. The van der Waals surface area contributed by atoms with Gasteiger partial charge in [-0.25, -0.2) is 0 Å². The van der Waals surface area contributed by atoms with E-state index in [1.807, 2.05) is 0 Å². The van der Waals surface area contributed by atoms with Crippen LogP contribution in [-0.2, 0) is 17.4 Å². The highest BCUT2D eigenvalue weighted by Gasteiger charge is 2.42. The maximum atomic E-state index is 13.4. The van der Waals surface area contributed by atoms with Crippen molar-refractivity contribution in [3.63, 3.8) is 0 Å². The Kier molecular flexibility index (Phi) is 6.00. The number of hydrogen-bond acceptors (Lipinski definition) is 4. The Balaban J connectivity index is 0.00000280. The molecule has 1 heterocycles. The lowest BCUT2D eigenvalue weighted by Crippen LogP contribution is -2.50. The molecule has 0 unspecified atom stereocenters. The Morgan fingerprint density at radius 3 is 2.39 bits per heavy atom. The van der Waals surface area contributed by atoms with Gasteiger partial charge in [-0.05, 0) is 30.5 Å². The Morgan fingerprint density at radius 2 is 1.86 bits per heavy atom. The number of fused-ring (bicyclic) bond motifs is 1. The predicted octanol–water partition coefficient (Wildman–Crippen LogP) is 4.01. The topological polar surface area (TPSA) is 89.5 Å². The molecule has 0 aliphatic carbocycles. The summed E-state index contributed by atoms with van der Waals surface area (Å²) in [6.07, 6.45) is -4.99. The lowest BCUT2D eigenvalue weighted by atomic mass is 9.92. The second-order valence-electron chi connectivity index (χ2n) is 6.36. The smallest absolute Gasteiger partial charge is 0.320 e. The Hall–Kier alpha value is -2.65. The summed E-state index contributed by atoms with van der Waals surface area (Å²) in [5.41, 5.74) is 4.37. The summed E-state index contributed by atoms with van der Waals surface area (Å²) >= 11 is 0. The van der Waals surface area contributed by atoms with Crippen molar-refractivity contribution >= 4 is 29.7 Å². The Labute approximate surface area is 164 Å². The number of anilines is 1. The van der Waals surface area contributed by atoms with Gasteiger partial charge in [-0.2, -0.15) is 13.2 Å². The van der Waals surface area contributed by atoms with E-state index in [1.54, 1.807) is 37.3 Å². The van der Waals surface area contributed by atoms with E-state index in [0.717, 1.165) is 6.07 Å². The van der Waals surface area contributed by atoms with Crippen LogP contribution in [0.1, 0.15) is 29.7 Å². The first-order chi connectivity index (χ1) is 12.6. The van der Waals surface area contributed by atoms with Gasteiger partial charge >= 0.3 is 6.18 Å². The Bertz CT molecular complexity index is 906. The van der Waals surface area contributed by atoms with Gasteiger partial charge in [0.25, 0.3) is 5.69 Å². The van der Waals surface area contributed by atoms with Crippen LogP contribution in [0.25, 0.3) is 0 Å². The fourth-order valence-corrected chi connectivity index (χ4v) is 3.29. The molecule has 1 aliphatic heterocycles. The number of rotatable bonds is 3. The lowest BCUT2D eigenvalue weighted by molar-refractivity contribution is -0.388. The highest BCUT2D eigenvalue weighted by atomic mass is 35.5. The third kappa shape index (κ3) is 3.81. The van der Waals surface area contributed by atoms with E-state index in [1.165, 1.54) is 4.90 Å². The molecule has 1 amide bonds. The summed E-state index contributed by atoms with van der Waals surface area (Å²) in [6, 6.07) is 8.73. The van der Waals surface area contributed by atoms with Gasteiger partial charge in [0.2, 0.25) is 5.91 Å². The summed E-state index contributed by atoms with van der Waals surface area (Å²) in [6.45, 7) is 1.67. The summed E-state index contributed by atoms with van der Waals surface area (Å²) in [4.78, 5) is 23.9. The quantitative estimate of drug-likeness (QED) is 0.605. The first kappa shape index (κ1) is 21.6. The van der Waals surface area contributed by atoms with Gasteiger partial charge < -0.3 is 10.6 Å². The second-order valence-corrected chi connectivity index (χ2v) is 6.36. The molecule has 150 valence electrons. The third-order valence-corrected chi connectivity index (χ3v) is 4.62. The second kappa shape index (κ2) is 7.76. The normalized spacial score (nSPS) is 17.5. The first-order valence-corrected chi connectivity index (χ1v) is 8.13. The van der Waals surface area contributed by atoms with Gasteiger partial charge in [-0.15, -0.1) is 12.4 Å². The molecule has 0 spiro atoms. The summed E-state index contributed by atoms with van der Waals surface area (Å²) in [7, 11) is 0. The van der Waals surface area contributed by atoms with Crippen molar-refractivity contribution in [2.45, 2.75) is 31.6 Å². The fraction of sp³-hybridized carbons (Fsp3) is 0.278. The van der Waals surface area contributed by atoms with Gasteiger partial charge in [-0.3, -0.25) is 14.9 Å². The number of nitrogens with two attached hydrogens (primary N) is 1. The molecule has 6 nitrogen and oxygen atoms in total. The van der Waals surface area contributed by atoms with Crippen LogP contribution >= 0.6 is 12.4 Å². The van der Waals surface area contributed by atoms with Crippen LogP contribution < -0.4 is 10.6 Å². The minimum absolute atomic E-state index is 0. The van der Waals surface area contributed by atoms with E-state index in [9.17, 15) is 28.1 Å². The van der Waals surface area contributed by atoms with Gasteiger partial charge in [0.05, 0.1) is 17.0 Å². The largest absolute Gasteiger partial charge is 0.423 e. The number of nitro benzene ring substituents is 1. The van der Waals surface area contributed by atoms with Crippen molar-refractivity contribution in [1.29, 1.82) is 0 Å². The summed E-state index contributed by atoms with van der Waals surface area (Å²) in [5.74, 6) is -0.527. The molecule has 0 bridgehead atoms. The molecule has 0 saturated carbocycles. The number of carbonyl (C=O) groups excluding carboxylic acids is 1. The maximum Gasteiger partial charge on any atom is 0.423 e. The van der Waals surface area contributed by atoms with Crippen LogP contribution in [-0.4, -0.2) is 16.9 Å². The molecule has 3 rings (SSSR count). The zero-order chi connectivity index (χ0) is 19.9. The van der Waals surface area contributed by atoms with Crippen LogP contribution in [0.4, 0.5) is 24.5 Å². The van der Waals surface area contributed by atoms with Crippen LogP contribution in [0.2, 0.25) is 0 Å². The number of hydrogen-bond donors (Lipinski definition) is 1. The minimum atomic E-state index is -4.93. The molecule has 10 heteroatoms. The van der Waals surface area contributed by atoms with Gasteiger partial charge in [-0.1, -0.05) is 30.3 Å². The van der Waals surface area contributed by atoms with Crippen LogP contribution in [0.5, 0.6) is 0 Å². The van der Waals surface area contributed by atoms with Crippen molar-refractivity contribution in [2.75, 3.05) is 4.90 Å². The Morgan fingerprint density at radius 1 is 1.25 bits per heavy atom. The standard InChI is InChI=1S/C18H16F3N3O3.ClH/c1-10(11-5-3-2-4-6-11)23-15-9-13(18(19,20)21)16(24(26)27)8-12(15)7-14(22)17(23)25;/h2-6,8-10,14H,7,22H2,1H3;1H/t10-,14+;/m0./s1. The van der Waals surface area contributed by atoms with E-state index in [0.29, 0.717) is 11.6 Å². The average molecular weight is 416 g/mol. The molecule has 0 fully saturated rings.